The van der Waals surface area contributed by atoms with Crippen LogP contribution in [0.2, 0.25) is 0 Å². The van der Waals surface area contributed by atoms with Crippen molar-refractivity contribution in [2.24, 2.45) is 5.92 Å². The second-order valence-corrected chi connectivity index (χ2v) is 7.42. The van der Waals surface area contributed by atoms with Crippen molar-refractivity contribution >= 4 is 22.0 Å². The van der Waals surface area contributed by atoms with Gasteiger partial charge in [-0.2, -0.15) is 0 Å². The molecule has 21 heavy (non-hydrogen) atoms. The third kappa shape index (κ3) is 2.26. The maximum absolute atomic E-state index is 3.69. The normalized spacial score (nSPS) is 24.8. The fourth-order valence-corrected chi connectivity index (χ4v) is 4.35. The molecule has 0 fully saturated rings. The molecule has 2 aliphatic rings. The van der Waals surface area contributed by atoms with E-state index in [2.05, 4.69) is 74.8 Å². The van der Waals surface area contributed by atoms with E-state index in [9.17, 15) is 0 Å². The number of fused-ring (bicyclic) bond motifs is 1. The van der Waals surface area contributed by atoms with Crippen LogP contribution in [0.3, 0.4) is 0 Å². The van der Waals surface area contributed by atoms with Crippen molar-refractivity contribution in [2.45, 2.75) is 47.0 Å². The summed E-state index contributed by atoms with van der Waals surface area (Å²) in [6.45, 7) is 11.5. The first-order chi connectivity index (χ1) is 9.91. The zero-order valence-corrected chi connectivity index (χ0v) is 15.1. The summed E-state index contributed by atoms with van der Waals surface area (Å²) >= 11 is 3.69. The van der Waals surface area contributed by atoms with Gasteiger partial charge in [-0.15, -0.1) is 0 Å². The molecule has 1 aromatic carbocycles. The summed E-state index contributed by atoms with van der Waals surface area (Å²) in [6.07, 6.45) is 3.51. The van der Waals surface area contributed by atoms with E-state index in [0.717, 1.165) is 6.42 Å². The molecule has 0 bridgehead atoms. The lowest BCUT2D eigenvalue weighted by Crippen LogP contribution is -2.05. The minimum absolute atomic E-state index is 0.545. The number of halogens is 1. The molecule has 0 spiro atoms. The Balaban J connectivity index is 1.96. The van der Waals surface area contributed by atoms with Crippen molar-refractivity contribution in [1.82, 2.24) is 0 Å². The monoisotopic (exact) mass is 342 g/mol. The SMILES string of the molecule is CC1=Cc2c(Br)cccc2C1CC1=C(C)C(C)=C(C)C1C. The molecule has 110 valence electrons. The van der Waals surface area contributed by atoms with Crippen molar-refractivity contribution in [2.75, 3.05) is 0 Å². The summed E-state index contributed by atoms with van der Waals surface area (Å²) in [5.74, 6) is 1.15. The lowest BCUT2D eigenvalue weighted by Gasteiger charge is -2.20. The van der Waals surface area contributed by atoms with Crippen LogP contribution in [-0.2, 0) is 0 Å². The van der Waals surface area contributed by atoms with Crippen LogP contribution >= 0.6 is 15.9 Å². The van der Waals surface area contributed by atoms with Crippen LogP contribution in [-0.4, -0.2) is 0 Å². The van der Waals surface area contributed by atoms with Crippen molar-refractivity contribution in [1.29, 1.82) is 0 Å². The molecule has 0 nitrogen and oxygen atoms in total. The van der Waals surface area contributed by atoms with Gasteiger partial charge in [0.25, 0.3) is 0 Å². The third-order valence-corrected chi connectivity index (χ3v) is 6.31. The quantitative estimate of drug-likeness (QED) is 0.564. The topological polar surface area (TPSA) is 0 Å². The van der Waals surface area contributed by atoms with Crippen molar-refractivity contribution in [3.8, 4) is 0 Å². The van der Waals surface area contributed by atoms with Crippen molar-refractivity contribution < 1.29 is 0 Å². The summed E-state index contributed by atoms with van der Waals surface area (Å²) in [7, 11) is 0. The molecule has 1 heteroatoms. The molecule has 0 aliphatic heterocycles. The van der Waals surface area contributed by atoms with Gasteiger partial charge >= 0.3 is 0 Å². The van der Waals surface area contributed by atoms with Crippen LogP contribution in [0.4, 0.5) is 0 Å². The van der Waals surface area contributed by atoms with Gasteiger partial charge in [0.1, 0.15) is 0 Å². The molecule has 2 atom stereocenters. The molecular formula is C20H23Br. The maximum Gasteiger partial charge on any atom is 0.0250 e. The van der Waals surface area contributed by atoms with Crippen LogP contribution in [0.1, 0.15) is 58.1 Å². The van der Waals surface area contributed by atoms with Crippen LogP contribution in [0, 0.1) is 5.92 Å². The number of hydrogen-bond donors (Lipinski definition) is 0. The Morgan fingerprint density at radius 2 is 1.76 bits per heavy atom. The Bertz CT molecular complexity index is 701. The van der Waals surface area contributed by atoms with E-state index in [0.29, 0.717) is 11.8 Å². The Morgan fingerprint density at radius 1 is 1.05 bits per heavy atom. The Morgan fingerprint density at radius 3 is 2.38 bits per heavy atom. The molecule has 0 radical (unpaired) electrons. The molecule has 0 saturated carbocycles. The van der Waals surface area contributed by atoms with Crippen molar-refractivity contribution in [3.05, 3.63) is 61.7 Å². The van der Waals surface area contributed by atoms with E-state index >= 15 is 0 Å². The Kier molecular flexibility index (Phi) is 3.73. The maximum atomic E-state index is 3.69. The van der Waals surface area contributed by atoms with Gasteiger partial charge in [0.2, 0.25) is 0 Å². The molecule has 0 heterocycles. The summed E-state index contributed by atoms with van der Waals surface area (Å²) < 4.78 is 1.22. The average molecular weight is 343 g/mol. The largest absolute Gasteiger partial charge is 0.0648 e. The second-order valence-electron chi connectivity index (χ2n) is 6.57. The highest BCUT2D eigenvalue weighted by atomic mass is 79.9. The van der Waals surface area contributed by atoms with Gasteiger partial charge in [-0.3, -0.25) is 0 Å². The Hall–Kier alpha value is -1.08. The van der Waals surface area contributed by atoms with E-state index in [4.69, 9.17) is 0 Å². The predicted octanol–water partition coefficient (Wildman–Crippen LogP) is 6.64. The van der Waals surface area contributed by atoms with Gasteiger partial charge in [-0.05, 0) is 68.4 Å². The molecule has 2 aliphatic carbocycles. The number of hydrogen-bond acceptors (Lipinski definition) is 0. The van der Waals surface area contributed by atoms with Crippen LogP contribution in [0.15, 0.2) is 50.5 Å². The standard InChI is InChI=1S/C20H23Br/c1-11-9-19-16(7-6-8-20(19)21)17(11)10-18-14(4)12(2)13(3)15(18)5/h6-9,14,17H,10H2,1-5H3. The molecule has 3 rings (SSSR count). The molecule has 1 aromatic rings. The van der Waals surface area contributed by atoms with Crippen LogP contribution < -0.4 is 0 Å². The number of benzene rings is 1. The predicted molar refractivity (Wildman–Crippen MR) is 95.4 cm³/mol. The first kappa shape index (κ1) is 14.8. The molecular weight excluding hydrogens is 320 g/mol. The summed E-state index contributed by atoms with van der Waals surface area (Å²) in [6, 6.07) is 6.60. The van der Waals surface area contributed by atoms with Gasteiger partial charge in [0.05, 0.1) is 0 Å². The highest BCUT2D eigenvalue weighted by Crippen LogP contribution is 2.47. The van der Waals surface area contributed by atoms with E-state index in [1.54, 1.807) is 11.1 Å². The van der Waals surface area contributed by atoms with Crippen molar-refractivity contribution in [3.63, 3.8) is 0 Å². The average Bonchev–Trinajstić information content (AvgIpc) is 2.87. The first-order valence-electron chi connectivity index (χ1n) is 7.75. The van der Waals surface area contributed by atoms with Gasteiger partial charge < -0.3 is 0 Å². The number of rotatable bonds is 2. The Labute approximate surface area is 136 Å². The molecule has 2 unspecified atom stereocenters. The minimum Gasteiger partial charge on any atom is -0.0648 e. The van der Waals surface area contributed by atoms with E-state index in [-0.39, 0.29) is 0 Å². The molecule has 0 saturated heterocycles. The lowest BCUT2D eigenvalue weighted by atomic mass is 9.84. The van der Waals surface area contributed by atoms with Gasteiger partial charge in [-0.25, -0.2) is 0 Å². The van der Waals surface area contributed by atoms with Gasteiger partial charge in [-0.1, -0.05) is 57.8 Å². The van der Waals surface area contributed by atoms with E-state index < -0.39 is 0 Å². The zero-order valence-electron chi connectivity index (χ0n) is 13.5. The second kappa shape index (κ2) is 5.28. The molecule has 0 N–H and O–H groups in total. The fraction of sp³-hybridized carbons (Fsp3) is 0.400. The zero-order chi connectivity index (χ0) is 15.3. The summed E-state index contributed by atoms with van der Waals surface area (Å²) in [5, 5.41) is 0. The van der Waals surface area contributed by atoms with Crippen LogP contribution in [0.5, 0.6) is 0 Å². The summed E-state index contributed by atoms with van der Waals surface area (Å²) in [5.41, 5.74) is 10.6. The highest BCUT2D eigenvalue weighted by Gasteiger charge is 2.30. The molecule has 0 amide bonds. The summed E-state index contributed by atoms with van der Waals surface area (Å²) in [4.78, 5) is 0. The minimum atomic E-state index is 0.545. The molecule has 0 aromatic heterocycles. The smallest absolute Gasteiger partial charge is 0.0250 e. The number of allylic oxidation sites excluding steroid dienone is 5. The van der Waals surface area contributed by atoms with E-state index in [1.165, 1.54) is 32.3 Å². The van der Waals surface area contributed by atoms with Gasteiger partial charge in [0.15, 0.2) is 0 Å². The fourth-order valence-electron chi connectivity index (χ4n) is 3.85. The lowest BCUT2D eigenvalue weighted by molar-refractivity contribution is 0.696. The van der Waals surface area contributed by atoms with Gasteiger partial charge in [0, 0.05) is 10.4 Å². The van der Waals surface area contributed by atoms with Crippen LogP contribution in [0.25, 0.3) is 6.08 Å². The van der Waals surface area contributed by atoms with E-state index in [1.807, 2.05) is 0 Å². The third-order valence-electron chi connectivity index (χ3n) is 5.62. The first-order valence-corrected chi connectivity index (χ1v) is 8.55. The highest BCUT2D eigenvalue weighted by molar-refractivity contribution is 9.10.